The van der Waals surface area contributed by atoms with E-state index in [2.05, 4.69) is 6.58 Å². The predicted molar refractivity (Wildman–Crippen MR) is 99.3 cm³/mol. The van der Waals surface area contributed by atoms with Crippen LogP contribution in [0.4, 0.5) is 0 Å². The maximum atomic E-state index is 13.1. The van der Waals surface area contributed by atoms with Crippen LogP contribution in [0.1, 0.15) is 64.7 Å². The first-order valence-corrected chi connectivity index (χ1v) is 10.7. The quantitative estimate of drug-likeness (QED) is 0.451. The number of carbonyl (C=O) groups excluding carboxylic acids is 2. The number of ether oxygens (including phenoxy) is 2. The van der Waals surface area contributed by atoms with Crippen LogP contribution in [0.25, 0.3) is 0 Å². The van der Waals surface area contributed by atoms with Crippen molar-refractivity contribution in [1.82, 2.24) is 0 Å². The van der Waals surface area contributed by atoms with Crippen molar-refractivity contribution in [1.29, 1.82) is 0 Å². The fourth-order valence-electron chi connectivity index (χ4n) is 6.37. The van der Waals surface area contributed by atoms with Crippen molar-refractivity contribution in [2.45, 2.75) is 77.1 Å². The minimum Gasteiger partial charge on any atom is -0.425 e. The number of rotatable bonds is 5. The monoisotopic (exact) mass is 376 g/mol. The Morgan fingerprint density at radius 2 is 1.59 bits per heavy atom. The normalized spacial score (nSPS) is 41.0. The standard InChI is InChI=1S/C22H32O5/c1-12(2)20(24)26-22(15-4-3-5-18(23)11-15)27-21(25)19-16-7-13-6-14(9-16)10-17(19)8-13/h13-19,22-23H,1,3-11H2,2H3. The van der Waals surface area contributed by atoms with E-state index in [9.17, 15) is 14.7 Å². The van der Waals surface area contributed by atoms with Gasteiger partial charge in [-0.2, -0.15) is 0 Å². The van der Waals surface area contributed by atoms with Crippen molar-refractivity contribution >= 4 is 11.9 Å². The number of aliphatic hydroxyl groups is 1. The van der Waals surface area contributed by atoms with Gasteiger partial charge < -0.3 is 14.6 Å². The van der Waals surface area contributed by atoms with E-state index in [1.165, 1.54) is 6.42 Å². The zero-order valence-corrected chi connectivity index (χ0v) is 16.3. The third-order valence-electron chi connectivity index (χ3n) is 7.37. The van der Waals surface area contributed by atoms with Crippen LogP contribution in [0.5, 0.6) is 0 Å². The largest absolute Gasteiger partial charge is 0.425 e. The summed E-state index contributed by atoms with van der Waals surface area (Å²) in [7, 11) is 0. The summed E-state index contributed by atoms with van der Waals surface area (Å²) >= 11 is 0. The van der Waals surface area contributed by atoms with E-state index < -0.39 is 18.4 Å². The molecule has 0 aliphatic heterocycles. The smallest absolute Gasteiger partial charge is 0.336 e. The van der Waals surface area contributed by atoms with Gasteiger partial charge in [0.2, 0.25) is 0 Å². The van der Waals surface area contributed by atoms with Crippen molar-refractivity contribution in [3.8, 4) is 0 Å². The summed E-state index contributed by atoms with van der Waals surface area (Å²) in [4.78, 5) is 25.2. The summed E-state index contributed by atoms with van der Waals surface area (Å²) < 4.78 is 11.4. The third kappa shape index (κ3) is 3.94. The molecule has 5 aliphatic carbocycles. The third-order valence-corrected chi connectivity index (χ3v) is 7.37. The van der Waals surface area contributed by atoms with Crippen molar-refractivity contribution in [3.63, 3.8) is 0 Å². The topological polar surface area (TPSA) is 72.8 Å². The van der Waals surface area contributed by atoms with Gasteiger partial charge >= 0.3 is 11.9 Å². The van der Waals surface area contributed by atoms with E-state index in [0.717, 1.165) is 56.8 Å². The molecular formula is C22H32O5. The Morgan fingerprint density at radius 3 is 2.15 bits per heavy atom. The summed E-state index contributed by atoms with van der Waals surface area (Å²) in [6, 6.07) is 0. The van der Waals surface area contributed by atoms with E-state index in [4.69, 9.17) is 9.47 Å². The summed E-state index contributed by atoms with van der Waals surface area (Å²) in [5.74, 6) is 1.55. The lowest BCUT2D eigenvalue weighted by molar-refractivity contribution is -0.209. The summed E-state index contributed by atoms with van der Waals surface area (Å²) in [5.41, 5.74) is 0.294. The fraction of sp³-hybridized carbons (Fsp3) is 0.818. The van der Waals surface area contributed by atoms with Crippen LogP contribution in [-0.4, -0.2) is 29.4 Å². The van der Waals surface area contributed by atoms with Crippen molar-refractivity contribution in [2.24, 2.45) is 35.5 Å². The Morgan fingerprint density at radius 1 is 0.963 bits per heavy atom. The second-order valence-corrected chi connectivity index (χ2v) is 9.53. The lowest BCUT2D eigenvalue weighted by atomic mass is 9.52. The molecule has 5 rings (SSSR count). The molecule has 4 bridgehead atoms. The molecule has 5 aliphatic rings. The molecule has 1 N–H and O–H groups in total. The number of carbonyl (C=O) groups is 2. The van der Waals surface area contributed by atoms with Crippen LogP contribution in [-0.2, 0) is 19.1 Å². The van der Waals surface area contributed by atoms with E-state index in [-0.39, 0.29) is 17.8 Å². The molecule has 0 radical (unpaired) electrons. The number of hydrogen-bond donors (Lipinski definition) is 1. The molecule has 0 heterocycles. The average molecular weight is 376 g/mol. The Labute approximate surface area is 161 Å². The van der Waals surface area contributed by atoms with Crippen molar-refractivity contribution < 1.29 is 24.2 Å². The van der Waals surface area contributed by atoms with Gasteiger partial charge in [0.25, 0.3) is 6.29 Å². The average Bonchev–Trinajstić information content (AvgIpc) is 2.60. The Balaban J connectivity index is 1.46. The van der Waals surface area contributed by atoms with Crippen LogP contribution in [0.15, 0.2) is 12.2 Å². The van der Waals surface area contributed by atoms with Crippen molar-refractivity contribution in [3.05, 3.63) is 12.2 Å². The first-order chi connectivity index (χ1) is 12.9. The van der Waals surface area contributed by atoms with Gasteiger partial charge in [-0.25, -0.2) is 4.79 Å². The molecule has 0 amide bonds. The van der Waals surface area contributed by atoms with Gasteiger partial charge in [0.05, 0.1) is 12.0 Å². The first-order valence-electron chi connectivity index (χ1n) is 10.7. The number of esters is 2. The molecule has 3 atom stereocenters. The molecule has 150 valence electrons. The summed E-state index contributed by atoms with van der Waals surface area (Å²) in [6.45, 7) is 5.22. The molecule has 27 heavy (non-hydrogen) atoms. The van der Waals surface area contributed by atoms with Crippen molar-refractivity contribution in [2.75, 3.05) is 0 Å². The molecule has 5 saturated carbocycles. The Kier molecular flexibility index (Phi) is 5.32. The Bertz CT molecular complexity index is 584. The number of hydrogen-bond acceptors (Lipinski definition) is 5. The lowest BCUT2D eigenvalue weighted by Crippen LogP contribution is -2.49. The molecule has 5 fully saturated rings. The maximum absolute atomic E-state index is 13.1. The highest BCUT2D eigenvalue weighted by atomic mass is 16.7. The number of aliphatic hydroxyl groups excluding tert-OH is 1. The molecular weight excluding hydrogens is 344 g/mol. The second kappa shape index (κ2) is 7.57. The highest BCUT2D eigenvalue weighted by Crippen LogP contribution is 2.56. The minimum absolute atomic E-state index is 0.0441. The van der Waals surface area contributed by atoms with Gasteiger partial charge in [0, 0.05) is 11.5 Å². The zero-order chi connectivity index (χ0) is 19.1. The SMILES string of the molecule is C=C(C)C(=O)OC(OC(=O)C1C2CC3CC(C2)CC1C3)C1CCCC(O)C1. The molecule has 5 nitrogen and oxygen atoms in total. The van der Waals surface area contributed by atoms with Gasteiger partial charge in [-0.05, 0) is 82.0 Å². The predicted octanol–water partition coefficient (Wildman–Crippen LogP) is 3.60. The molecule has 0 saturated heterocycles. The molecule has 0 aromatic heterocycles. The van der Waals surface area contributed by atoms with E-state index >= 15 is 0 Å². The van der Waals surface area contributed by atoms with Gasteiger partial charge in [-0.3, -0.25) is 4.79 Å². The summed E-state index contributed by atoms with van der Waals surface area (Å²) in [6.07, 6.45) is 7.48. The molecule has 3 unspecified atom stereocenters. The highest BCUT2D eigenvalue weighted by Gasteiger charge is 2.52. The lowest BCUT2D eigenvalue weighted by Gasteiger charge is -2.53. The molecule has 5 heteroatoms. The second-order valence-electron chi connectivity index (χ2n) is 9.53. The fourth-order valence-corrected chi connectivity index (χ4v) is 6.37. The van der Waals surface area contributed by atoms with E-state index in [0.29, 0.717) is 23.8 Å². The van der Waals surface area contributed by atoms with Gasteiger partial charge in [-0.15, -0.1) is 0 Å². The van der Waals surface area contributed by atoms with Crippen LogP contribution in [0.3, 0.4) is 0 Å². The molecule has 0 spiro atoms. The van der Waals surface area contributed by atoms with E-state index in [1.807, 2.05) is 0 Å². The van der Waals surface area contributed by atoms with Crippen LogP contribution < -0.4 is 0 Å². The molecule has 0 aromatic carbocycles. The maximum Gasteiger partial charge on any atom is 0.336 e. The van der Waals surface area contributed by atoms with Gasteiger partial charge in [-0.1, -0.05) is 13.0 Å². The first kappa shape index (κ1) is 19.0. The van der Waals surface area contributed by atoms with Gasteiger partial charge in [0.15, 0.2) is 0 Å². The zero-order valence-electron chi connectivity index (χ0n) is 16.3. The van der Waals surface area contributed by atoms with Crippen LogP contribution in [0, 0.1) is 35.5 Å². The minimum atomic E-state index is -0.908. The summed E-state index contributed by atoms with van der Waals surface area (Å²) in [5, 5.41) is 10.0. The van der Waals surface area contributed by atoms with Gasteiger partial charge in [0.1, 0.15) is 0 Å². The highest BCUT2D eigenvalue weighted by molar-refractivity contribution is 5.87. The van der Waals surface area contributed by atoms with Crippen LogP contribution >= 0.6 is 0 Å². The Hall–Kier alpha value is -1.36. The van der Waals surface area contributed by atoms with E-state index in [1.54, 1.807) is 6.92 Å². The molecule has 0 aromatic rings. The van der Waals surface area contributed by atoms with Crippen LogP contribution in [0.2, 0.25) is 0 Å².